The summed E-state index contributed by atoms with van der Waals surface area (Å²) in [5, 5.41) is 0. The van der Waals surface area contributed by atoms with Crippen molar-refractivity contribution in [2.75, 3.05) is 13.4 Å². The molecule has 7 nitrogen and oxygen atoms in total. The van der Waals surface area contributed by atoms with Crippen LogP contribution in [0.2, 0.25) is 0 Å². The Morgan fingerprint density at radius 2 is 1.81 bits per heavy atom. The zero-order valence-corrected chi connectivity index (χ0v) is 19.4. The van der Waals surface area contributed by atoms with Crippen LogP contribution in [-0.4, -0.2) is 38.2 Å². The van der Waals surface area contributed by atoms with E-state index in [1.165, 1.54) is 24.8 Å². The van der Waals surface area contributed by atoms with Crippen LogP contribution in [0.1, 0.15) is 30.9 Å². The van der Waals surface area contributed by atoms with Crippen LogP contribution in [0.25, 0.3) is 10.2 Å². The van der Waals surface area contributed by atoms with Crippen molar-refractivity contribution in [3.8, 4) is 0 Å². The first-order valence-electron chi connectivity index (χ1n) is 9.65. The zero-order chi connectivity index (χ0) is 22.8. The first-order valence-corrected chi connectivity index (χ1v) is 12.4. The van der Waals surface area contributed by atoms with Gasteiger partial charge in [0, 0.05) is 6.26 Å². The molecule has 164 valence electrons. The predicted molar refractivity (Wildman–Crippen MR) is 120 cm³/mol. The molecule has 0 N–H and O–H groups in total. The van der Waals surface area contributed by atoms with Crippen molar-refractivity contribution in [3.05, 3.63) is 58.4 Å². The van der Waals surface area contributed by atoms with Gasteiger partial charge in [-0.05, 0) is 35.2 Å². The number of rotatable bonds is 6. The van der Waals surface area contributed by atoms with Gasteiger partial charge in [-0.25, -0.2) is 8.42 Å². The average molecular weight is 461 g/mol. The van der Waals surface area contributed by atoms with E-state index >= 15 is 0 Å². The number of benzene rings is 2. The topological polar surface area (TPSA) is 94.8 Å². The monoisotopic (exact) mass is 460 g/mol. The largest absolute Gasteiger partial charge is 0.468 e. The van der Waals surface area contributed by atoms with Gasteiger partial charge in [0.15, 0.2) is 14.6 Å². The Labute approximate surface area is 184 Å². The van der Waals surface area contributed by atoms with Gasteiger partial charge in [-0.1, -0.05) is 49.4 Å². The molecule has 0 spiro atoms. The molecule has 0 unspecified atom stereocenters. The number of fused-ring (bicyclic) bond motifs is 1. The molecule has 1 amide bonds. The third kappa shape index (κ3) is 5.48. The normalized spacial score (nSPS) is 12.5. The summed E-state index contributed by atoms with van der Waals surface area (Å²) in [5.41, 5.74) is 2.64. The first kappa shape index (κ1) is 22.9. The summed E-state index contributed by atoms with van der Waals surface area (Å²) in [6.07, 6.45) is 1.25. The van der Waals surface area contributed by atoms with Crippen LogP contribution in [0.15, 0.2) is 52.4 Å². The van der Waals surface area contributed by atoms with E-state index in [0.717, 1.165) is 23.2 Å². The number of amides is 1. The van der Waals surface area contributed by atoms with Gasteiger partial charge in [-0.3, -0.25) is 9.59 Å². The molecule has 3 rings (SSSR count). The number of hydrogen-bond donors (Lipinski definition) is 0. The predicted octanol–water partition coefficient (Wildman–Crippen LogP) is 3.07. The number of esters is 1. The van der Waals surface area contributed by atoms with Crippen LogP contribution < -0.4 is 4.80 Å². The van der Waals surface area contributed by atoms with E-state index in [9.17, 15) is 18.0 Å². The van der Waals surface area contributed by atoms with E-state index in [1.54, 1.807) is 10.6 Å². The van der Waals surface area contributed by atoms with Crippen molar-refractivity contribution in [2.24, 2.45) is 4.99 Å². The van der Waals surface area contributed by atoms with E-state index in [-0.39, 0.29) is 23.8 Å². The number of carbonyl (C=O) groups is 2. The molecule has 1 aromatic heterocycles. The van der Waals surface area contributed by atoms with E-state index < -0.39 is 15.8 Å². The minimum Gasteiger partial charge on any atom is -0.468 e. The summed E-state index contributed by atoms with van der Waals surface area (Å²) in [5.74, 6) is -0.446. The Kier molecular flexibility index (Phi) is 6.76. The number of hydrogen-bond acceptors (Lipinski definition) is 6. The van der Waals surface area contributed by atoms with Crippen LogP contribution in [0.5, 0.6) is 0 Å². The smallest absolute Gasteiger partial charge is 0.325 e. The van der Waals surface area contributed by atoms with Gasteiger partial charge >= 0.3 is 5.97 Å². The SMILES string of the molecule is COC(=O)Cn1c(=NC(=O)Cc2ccc(C(C)C)cc2)sc2cc(S(C)(=O)=O)ccc21. The van der Waals surface area contributed by atoms with Gasteiger partial charge in [0.2, 0.25) is 0 Å². The molecule has 0 fully saturated rings. The second-order valence-corrected chi connectivity index (χ2v) is 10.6. The lowest BCUT2D eigenvalue weighted by atomic mass is 10.0. The van der Waals surface area contributed by atoms with Crippen molar-refractivity contribution in [2.45, 2.75) is 37.6 Å². The maximum atomic E-state index is 12.6. The lowest BCUT2D eigenvalue weighted by Gasteiger charge is -2.06. The molecule has 3 aromatic rings. The zero-order valence-electron chi connectivity index (χ0n) is 17.8. The van der Waals surface area contributed by atoms with Gasteiger partial charge < -0.3 is 9.30 Å². The molecule has 0 aliphatic carbocycles. The summed E-state index contributed by atoms with van der Waals surface area (Å²) < 4.78 is 30.7. The Morgan fingerprint density at radius 3 is 2.39 bits per heavy atom. The minimum atomic E-state index is -3.39. The Bertz CT molecular complexity index is 1300. The molecule has 31 heavy (non-hydrogen) atoms. The molecule has 0 bridgehead atoms. The molecular formula is C22H24N2O5S2. The highest BCUT2D eigenvalue weighted by molar-refractivity contribution is 7.90. The number of nitrogens with zero attached hydrogens (tertiary/aromatic N) is 2. The molecule has 0 radical (unpaired) electrons. The number of carbonyl (C=O) groups excluding carboxylic acids is 2. The Balaban J connectivity index is 2.01. The second-order valence-electron chi connectivity index (χ2n) is 7.53. The van der Waals surface area contributed by atoms with Crippen molar-refractivity contribution < 1.29 is 22.7 Å². The molecule has 0 atom stereocenters. The third-order valence-corrected chi connectivity index (χ3v) is 6.97. The van der Waals surface area contributed by atoms with Crippen LogP contribution in [0.3, 0.4) is 0 Å². The highest BCUT2D eigenvalue weighted by Crippen LogP contribution is 2.22. The van der Waals surface area contributed by atoms with Crippen LogP contribution in [0, 0.1) is 0 Å². The average Bonchev–Trinajstić information content (AvgIpc) is 3.03. The number of aromatic nitrogens is 1. The summed E-state index contributed by atoms with van der Waals surface area (Å²) in [7, 11) is -2.11. The lowest BCUT2D eigenvalue weighted by molar-refractivity contribution is -0.141. The molecule has 9 heteroatoms. The van der Waals surface area contributed by atoms with E-state index in [1.807, 2.05) is 24.3 Å². The van der Waals surface area contributed by atoms with Gasteiger partial charge in [-0.15, -0.1) is 0 Å². The summed E-state index contributed by atoms with van der Waals surface area (Å²) >= 11 is 1.16. The second kappa shape index (κ2) is 9.15. The molecule has 0 saturated heterocycles. The van der Waals surface area contributed by atoms with Crippen LogP contribution in [-0.2, 0) is 37.1 Å². The quantitative estimate of drug-likeness (QED) is 0.527. The first-order chi connectivity index (χ1) is 14.6. The van der Waals surface area contributed by atoms with Crippen molar-refractivity contribution in [3.63, 3.8) is 0 Å². The van der Waals surface area contributed by atoms with E-state index in [0.29, 0.717) is 20.9 Å². The Morgan fingerprint density at radius 1 is 1.13 bits per heavy atom. The summed E-state index contributed by atoms with van der Waals surface area (Å²) in [6.45, 7) is 4.07. The molecule has 1 heterocycles. The van der Waals surface area contributed by atoms with Gasteiger partial charge in [-0.2, -0.15) is 4.99 Å². The maximum Gasteiger partial charge on any atom is 0.325 e. The molecular weight excluding hydrogens is 436 g/mol. The molecule has 0 saturated carbocycles. The number of thiazole rings is 1. The number of ether oxygens (including phenoxy) is 1. The highest BCUT2D eigenvalue weighted by atomic mass is 32.2. The van der Waals surface area contributed by atoms with Gasteiger partial charge in [0.25, 0.3) is 5.91 Å². The number of sulfone groups is 1. The van der Waals surface area contributed by atoms with Crippen LogP contribution >= 0.6 is 11.3 Å². The Hall–Kier alpha value is -2.78. The van der Waals surface area contributed by atoms with Crippen molar-refractivity contribution in [1.82, 2.24) is 4.57 Å². The number of methoxy groups -OCH3 is 1. The fraction of sp³-hybridized carbons (Fsp3) is 0.318. The van der Waals surface area contributed by atoms with E-state index in [2.05, 4.69) is 18.8 Å². The van der Waals surface area contributed by atoms with Crippen molar-refractivity contribution >= 4 is 43.3 Å². The molecule has 2 aromatic carbocycles. The van der Waals surface area contributed by atoms with Crippen LogP contribution in [0.4, 0.5) is 0 Å². The maximum absolute atomic E-state index is 12.6. The van der Waals surface area contributed by atoms with Gasteiger partial charge in [0.05, 0.1) is 28.6 Å². The fourth-order valence-electron chi connectivity index (χ4n) is 3.06. The molecule has 0 aliphatic rings. The molecule has 0 aliphatic heterocycles. The van der Waals surface area contributed by atoms with Gasteiger partial charge in [0.1, 0.15) is 6.54 Å². The highest BCUT2D eigenvalue weighted by Gasteiger charge is 2.15. The summed E-state index contributed by atoms with van der Waals surface area (Å²) in [4.78, 5) is 29.2. The third-order valence-electron chi connectivity index (χ3n) is 4.82. The van der Waals surface area contributed by atoms with E-state index in [4.69, 9.17) is 4.74 Å². The van der Waals surface area contributed by atoms with Crippen molar-refractivity contribution in [1.29, 1.82) is 0 Å². The summed E-state index contributed by atoms with van der Waals surface area (Å²) in [6, 6.07) is 12.4. The lowest BCUT2D eigenvalue weighted by Crippen LogP contribution is -2.22. The minimum absolute atomic E-state index is 0.124. The standard InChI is InChI=1S/C22H24N2O5S2/c1-14(2)16-7-5-15(6-8-16)11-20(25)23-22-24(13-21(26)29-3)18-10-9-17(31(4,27)28)12-19(18)30-22/h5-10,12,14H,11,13H2,1-4H3. The fourth-order valence-corrected chi connectivity index (χ4v) is 4.86.